The molecule has 1 aliphatic heterocycles. The number of fused-ring (bicyclic) bond motifs is 1. The number of anilines is 2. The van der Waals surface area contributed by atoms with Gasteiger partial charge < -0.3 is 10.4 Å². The Labute approximate surface area is 145 Å². The Balaban J connectivity index is 1.79. The second-order valence-corrected chi connectivity index (χ2v) is 6.97. The number of β-amino-alcohol motifs (C(OH)–C–C–N with tert-alkyl or cyclic N) is 1. The lowest BCUT2D eigenvalue weighted by molar-refractivity contribution is 0.0318. The topological polar surface area (TPSA) is 61.3 Å². The molecule has 2 N–H and O–H groups in total. The number of nitrogens with one attached hydrogen (secondary N) is 1. The molecular weight excluding hydrogens is 326 g/mol. The average Bonchev–Trinajstić information content (AvgIpc) is 2.53. The van der Waals surface area contributed by atoms with Gasteiger partial charge in [0, 0.05) is 31.4 Å². The molecule has 1 aliphatic rings. The number of aliphatic hydroxyl groups is 1. The van der Waals surface area contributed by atoms with Gasteiger partial charge in [-0.2, -0.15) is 0 Å². The van der Waals surface area contributed by atoms with Gasteiger partial charge in [0.1, 0.15) is 17.8 Å². The third-order valence-electron chi connectivity index (χ3n) is 4.13. The van der Waals surface area contributed by atoms with E-state index in [1.165, 1.54) is 11.6 Å². The Morgan fingerprint density at radius 2 is 2.12 bits per heavy atom. The molecule has 0 aliphatic carbocycles. The number of benzene rings is 1. The molecule has 134 valence electrons. The molecule has 0 saturated heterocycles. The van der Waals surface area contributed by atoms with Gasteiger partial charge >= 0.3 is 0 Å². The first-order valence-corrected chi connectivity index (χ1v) is 8.24. The van der Waals surface area contributed by atoms with Crippen molar-refractivity contribution in [2.24, 2.45) is 0 Å². The van der Waals surface area contributed by atoms with Crippen molar-refractivity contribution in [3.8, 4) is 0 Å². The van der Waals surface area contributed by atoms with Gasteiger partial charge in [0.25, 0.3) is 6.43 Å². The fraction of sp³-hybridized carbons (Fsp3) is 0.444. The summed E-state index contributed by atoms with van der Waals surface area (Å²) in [5.74, 6) is 0.359. The van der Waals surface area contributed by atoms with Crippen LogP contribution in [0, 0.1) is 0 Å². The van der Waals surface area contributed by atoms with Gasteiger partial charge in [0.15, 0.2) is 0 Å². The van der Waals surface area contributed by atoms with Crippen LogP contribution in [-0.4, -0.2) is 38.7 Å². The largest absolute Gasteiger partial charge is 0.389 e. The minimum atomic E-state index is -2.62. The number of aromatic nitrogens is 2. The Kier molecular flexibility index (Phi) is 4.96. The van der Waals surface area contributed by atoms with E-state index in [0.717, 1.165) is 37.1 Å². The van der Waals surface area contributed by atoms with E-state index < -0.39 is 12.0 Å². The molecule has 0 atom stereocenters. The first-order valence-electron chi connectivity index (χ1n) is 8.24. The van der Waals surface area contributed by atoms with Gasteiger partial charge in [0.05, 0.1) is 5.60 Å². The first kappa shape index (κ1) is 17.7. The zero-order chi connectivity index (χ0) is 18.0. The zero-order valence-electron chi connectivity index (χ0n) is 14.3. The minimum Gasteiger partial charge on any atom is -0.389 e. The molecule has 0 radical (unpaired) electrons. The number of nitrogens with zero attached hydrogens (tertiary/aromatic N) is 3. The van der Waals surface area contributed by atoms with E-state index in [1.807, 2.05) is 12.1 Å². The molecule has 5 nitrogen and oxygen atoms in total. The number of hydrogen-bond acceptors (Lipinski definition) is 5. The van der Waals surface area contributed by atoms with Gasteiger partial charge in [-0.25, -0.2) is 18.7 Å². The lowest BCUT2D eigenvalue weighted by Gasteiger charge is -2.33. The molecule has 0 fully saturated rings. The summed E-state index contributed by atoms with van der Waals surface area (Å²) >= 11 is 0. The third kappa shape index (κ3) is 4.49. The van der Waals surface area contributed by atoms with Crippen molar-refractivity contribution in [1.29, 1.82) is 0 Å². The fourth-order valence-electron chi connectivity index (χ4n) is 3.17. The molecule has 0 amide bonds. The summed E-state index contributed by atoms with van der Waals surface area (Å²) in [6.45, 7) is 5.79. The van der Waals surface area contributed by atoms with Crippen LogP contribution in [0.15, 0.2) is 30.6 Å². The number of alkyl halides is 2. The van der Waals surface area contributed by atoms with Crippen LogP contribution >= 0.6 is 0 Å². The van der Waals surface area contributed by atoms with Crippen molar-refractivity contribution < 1.29 is 13.9 Å². The van der Waals surface area contributed by atoms with E-state index in [1.54, 1.807) is 13.8 Å². The van der Waals surface area contributed by atoms with Gasteiger partial charge in [0.2, 0.25) is 0 Å². The van der Waals surface area contributed by atoms with Crippen molar-refractivity contribution >= 4 is 11.5 Å². The van der Waals surface area contributed by atoms with E-state index in [2.05, 4.69) is 26.3 Å². The van der Waals surface area contributed by atoms with Crippen LogP contribution in [-0.2, 0) is 13.0 Å². The maximum Gasteiger partial charge on any atom is 0.280 e. The van der Waals surface area contributed by atoms with Crippen molar-refractivity contribution in [2.45, 2.75) is 38.8 Å². The van der Waals surface area contributed by atoms with Gasteiger partial charge in [-0.1, -0.05) is 12.1 Å². The van der Waals surface area contributed by atoms with Crippen LogP contribution in [0.25, 0.3) is 0 Å². The zero-order valence-corrected chi connectivity index (χ0v) is 14.3. The van der Waals surface area contributed by atoms with Gasteiger partial charge in [-0.05, 0) is 37.5 Å². The van der Waals surface area contributed by atoms with E-state index in [-0.39, 0.29) is 5.69 Å². The molecule has 1 aromatic carbocycles. The van der Waals surface area contributed by atoms with Crippen LogP contribution in [0.3, 0.4) is 0 Å². The molecule has 2 heterocycles. The highest BCUT2D eigenvalue weighted by Crippen LogP contribution is 2.29. The molecule has 3 rings (SSSR count). The third-order valence-corrected chi connectivity index (χ3v) is 4.13. The number of halogens is 2. The predicted octanol–water partition coefficient (Wildman–Crippen LogP) is 3.29. The van der Waals surface area contributed by atoms with Crippen molar-refractivity contribution in [3.05, 3.63) is 47.4 Å². The first-order chi connectivity index (χ1) is 11.8. The van der Waals surface area contributed by atoms with Crippen LogP contribution in [0.1, 0.15) is 37.1 Å². The maximum atomic E-state index is 12.8. The van der Waals surface area contributed by atoms with Crippen LogP contribution in [0.4, 0.5) is 20.3 Å². The highest BCUT2D eigenvalue weighted by Gasteiger charge is 2.24. The van der Waals surface area contributed by atoms with E-state index in [4.69, 9.17) is 0 Å². The molecular formula is C18H22F2N4O. The molecule has 0 spiro atoms. The number of rotatable bonds is 5. The SMILES string of the molecule is CC(C)(O)CN1CCc2c(cccc2Nc2cc(C(F)F)ncn2)C1. The Bertz CT molecular complexity index is 746. The molecule has 25 heavy (non-hydrogen) atoms. The summed E-state index contributed by atoms with van der Waals surface area (Å²) in [4.78, 5) is 9.82. The number of hydrogen-bond donors (Lipinski definition) is 2. The summed E-state index contributed by atoms with van der Waals surface area (Å²) in [6, 6.07) is 7.19. The smallest absolute Gasteiger partial charge is 0.280 e. The summed E-state index contributed by atoms with van der Waals surface area (Å²) in [7, 11) is 0. The Morgan fingerprint density at radius 3 is 2.84 bits per heavy atom. The Morgan fingerprint density at radius 1 is 1.32 bits per heavy atom. The fourth-order valence-corrected chi connectivity index (χ4v) is 3.17. The molecule has 7 heteroatoms. The average molecular weight is 348 g/mol. The summed E-state index contributed by atoms with van der Waals surface area (Å²) < 4.78 is 25.6. The quantitative estimate of drug-likeness (QED) is 0.868. The molecule has 1 aromatic heterocycles. The molecule has 0 saturated carbocycles. The lowest BCUT2D eigenvalue weighted by Crippen LogP contribution is -2.41. The van der Waals surface area contributed by atoms with Crippen molar-refractivity contribution in [1.82, 2.24) is 14.9 Å². The normalized spacial score (nSPS) is 15.3. The second-order valence-electron chi connectivity index (χ2n) is 6.97. The molecule has 0 unspecified atom stereocenters. The summed E-state index contributed by atoms with van der Waals surface area (Å²) in [6.07, 6.45) is -0.658. The van der Waals surface area contributed by atoms with Gasteiger partial charge in [-0.3, -0.25) is 4.90 Å². The van der Waals surface area contributed by atoms with Crippen molar-refractivity contribution in [3.63, 3.8) is 0 Å². The molecule has 0 bridgehead atoms. The van der Waals surface area contributed by atoms with Crippen LogP contribution < -0.4 is 5.32 Å². The van der Waals surface area contributed by atoms with Crippen molar-refractivity contribution in [2.75, 3.05) is 18.4 Å². The summed E-state index contributed by atoms with van der Waals surface area (Å²) in [5, 5.41) is 13.1. The Hall–Kier alpha value is -2.12. The standard InChI is InChI=1S/C18H22F2N4O/c1-18(2,25)10-24-7-6-13-12(9-24)4-3-5-14(13)23-16-8-15(17(19)20)21-11-22-16/h3-5,8,11,17,25H,6-7,9-10H2,1-2H3,(H,21,22,23). The highest BCUT2D eigenvalue weighted by molar-refractivity contribution is 5.63. The van der Waals surface area contributed by atoms with E-state index >= 15 is 0 Å². The maximum absolute atomic E-state index is 12.8. The van der Waals surface area contributed by atoms with E-state index in [9.17, 15) is 13.9 Å². The predicted molar refractivity (Wildman–Crippen MR) is 92.0 cm³/mol. The minimum absolute atomic E-state index is 0.293. The second kappa shape index (κ2) is 7.01. The van der Waals surface area contributed by atoms with Crippen LogP contribution in [0.2, 0.25) is 0 Å². The summed E-state index contributed by atoms with van der Waals surface area (Å²) in [5.41, 5.74) is 2.17. The van der Waals surface area contributed by atoms with Crippen LogP contribution in [0.5, 0.6) is 0 Å². The highest BCUT2D eigenvalue weighted by atomic mass is 19.3. The monoisotopic (exact) mass is 348 g/mol. The van der Waals surface area contributed by atoms with E-state index in [0.29, 0.717) is 12.4 Å². The lowest BCUT2D eigenvalue weighted by atomic mass is 9.96. The van der Waals surface area contributed by atoms with Gasteiger partial charge in [-0.15, -0.1) is 0 Å². The molecule has 2 aromatic rings.